The summed E-state index contributed by atoms with van der Waals surface area (Å²) in [5, 5.41) is 2.89. The molecule has 2 heterocycles. The van der Waals surface area contributed by atoms with Crippen molar-refractivity contribution in [2.75, 3.05) is 13.1 Å². The van der Waals surface area contributed by atoms with Crippen molar-refractivity contribution < 1.29 is 31.9 Å². The molecule has 1 atom stereocenters. The fourth-order valence-corrected chi connectivity index (χ4v) is 5.36. The number of sulfonamides is 1. The molecule has 3 amide bonds. The van der Waals surface area contributed by atoms with Crippen molar-refractivity contribution >= 4 is 27.7 Å². The molecule has 9 nitrogen and oxygen atoms in total. The zero-order valence-corrected chi connectivity index (χ0v) is 20.2. The topological polar surface area (TPSA) is 122 Å². The van der Waals surface area contributed by atoms with Crippen LogP contribution in [-0.4, -0.2) is 50.2 Å². The van der Waals surface area contributed by atoms with Gasteiger partial charge in [0.2, 0.25) is 11.8 Å². The Kier molecular flexibility index (Phi) is 7.39. The molecule has 0 radical (unpaired) electrons. The van der Waals surface area contributed by atoms with E-state index in [2.05, 4.69) is 11.9 Å². The minimum absolute atomic E-state index is 0.0993. The van der Waals surface area contributed by atoms with Gasteiger partial charge in [-0.05, 0) is 48.2 Å². The summed E-state index contributed by atoms with van der Waals surface area (Å²) < 4.78 is 46.2. The van der Waals surface area contributed by atoms with Crippen LogP contribution in [0.1, 0.15) is 24.0 Å². The maximum atomic E-state index is 13.9. The Morgan fingerprint density at radius 3 is 2.53 bits per heavy atom. The SMILES string of the molecule is C=CC(=O)N1CCC(C(=O)NCc2ccc3c(c2)OC(C(=O)NS(=O)(=O)c2ccccc2F)C3)CC1. The Balaban J connectivity index is 1.31. The zero-order chi connectivity index (χ0) is 25.9. The maximum Gasteiger partial charge on any atom is 0.275 e. The first-order chi connectivity index (χ1) is 17.2. The van der Waals surface area contributed by atoms with E-state index < -0.39 is 32.7 Å². The standard InChI is InChI=1S/C25H26FN3O6S/c1-2-23(30)29-11-9-17(10-12-29)24(31)27-15-16-7-8-18-14-21(35-20(18)13-16)25(32)28-36(33,34)22-6-4-3-5-19(22)26/h2-8,13,17,21H,1,9-12,14-15H2,(H,27,31)(H,28,32). The lowest BCUT2D eigenvalue weighted by molar-refractivity contribution is -0.132. The Hall–Kier alpha value is -3.73. The van der Waals surface area contributed by atoms with E-state index in [4.69, 9.17) is 4.74 Å². The van der Waals surface area contributed by atoms with Crippen LogP contribution in [0.5, 0.6) is 5.75 Å². The van der Waals surface area contributed by atoms with Gasteiger partial charge in [0.15, 0.2) is 6.10 Å². The second kappa shape index (κ2) is 10.5. The number of carbonyl (C=O) groups is 3. The molecule has 0 aliphatic carbocycles. The highest BCUT2D eigenvalue weighted by Gasteiger charge is 2.33. The summed E-state index contributed by atoms with van der Waals surface area (Å²) >= 11 is 0. The van der Waals surface area contributed by atoms with E-state index in [1.54, 1.807) is 23.1 Å². The molecule has 11 heteroatoms. The van der Waals surface area contributed by atoms with Gasteiger partial charge in [0.05, 0.1) is 0 Å². The lowest BCUT2D eigenvalue weighted by atomic mass is 9.95. The van der Waals surface area contributed by atoms with Gasteiger partial charge >= 0.3 is 0 Å². The molecule has 2 aliphatic heterocycles. The average Bonchev–Trinajstić information content (AvgIpc) is 3.30. The number of hydrogen-bond acceptors (Lipinski definition) is 6. The molecular weight excluding hydrogens is 489 g/mol. The van der Waals surface area contributed by atoms with E-state index in [0.717, 1.165) is 17.7 Å². The second-order valence-electron chi connectivity index (χ2n) is 8.67. The van der Waals surface area contributed by atoms with Crippen LogP contribution in [0.2, 0.25) is 0 Å². The summed E-state index contributed by atoms with van der Waals surface area (Å²) in [6, 6.07) is 10.0. The van der Waals surface area contributed by atoms with E-state index in [9.17, 15) is 27.2 Å². The quantitative estimate of drug-likeness (QED) is 0.541. The largest absolute Gasteiger partial charge is 0.480 e. The summed E-state index contributed by atoms with van der Waals surface area (Å²) in [6.07, 6.45) is 1.49. The third kappa shape index (κ3) is 5.56. The molecule has 36 heavy (non-hydrogen) atoms. The van der Waals surface area contributed by atoms with Gasteiger partial charge < -0.3 is 15.0 Å². The summed E-state index contributed by atoms with van der Waals surface area (Å²) in [7, 11) is -4.39. The number of rotatable bonds is 7. The van der Waals surface area contributed by atoms with E-state index in [-0.39, 0.29) is 30.7 Å². The first-order valence-electron chi connectivity index (χ1n) is 11.5. The predicted molar refractivity (Wildman–Crippen MR) is 128 cm³/mol. The smallest absolute Gasteiger partial charge is 0.275 e. The van der Waals surface area contributed by atoms with Crippen LogP contribution in [0.15, 0.2) is 60.0 Å². The number of benzene rings is 2. The van der Waals surface area contributed by atoms with Gasteiger partial charge in [-0.1, -0.05) is 30.8 Å². The normalized spacial score (nSPS) is 17.6. The Morgan fingerprint density at radius 2 is 1.83 bits per heavy atom. The molecule has 1 saturated heterocycles. The molecule has 0 spiro atoms. The van der Waals surface area contributed by atoms with Crippen molar-refractivity contribution in [3.05, 3.63) is 72.1 Å². The first-order valence-corrected chi connectivity index (χ1v) is 12.9. The van der Waals surface area contributed by atoms with Gasteiger partial charge in [-0.3, -0.25) is 14.4 Å². The number of likely N-dealkylation sites (tertiary alicyclic amines) is 1. The van der Waals surface area contributed by atoms with Crippen LogP contribution >= 0.6 is 0 Å². The molecule has 0 saturated carbocycles. The molecule has 2 aromatic carbocycles. The van der Waals surface area contributed by atoms with Crippen molar-refractivity contribution in [2.45, 2.75) is 36.8 Å². The minimum atomic E-state index is -4.39. The van der Waals surface area contributed by atoms with Gasteiger partial charge in [-0.2, -0.15) is 0 Å². The molecule has 0 aromatic heterocycles. The molecule has 4 rings (SSSR count). The zero-order valence-electron chi connectivity index (χ0n) is 19.4. The maximum absolute atomic E-state index is 13.9. The predicted octanol–water partition coefficient (Wildman–Crippen LogP) is 1.68. The summed E-state index contributed by atoms with van der Waals surface area (Å²) in [6.45, 7) is 4.74. The number of fused-ring (bicyclic) bond motifs is 1. The fourth-order valence-electron chi connectivity index (χ4n) is 4.27. The molecular formula is C25H26FN3O6S. The third-order valence-corrected chi connectivity index (χ3v) is 7.66. The van der Waals surface area contributed by atoms with E-state index in [0.29, 0.717) is 37.2 Å². The van der Waals surface area contributed by atoms with Crippen LogP contribution in [-0.2, 0) is 37.4 Å². The Labute approximate surface area is 208 Å². The van der Waals surface area contributed by atoms with Gasteiger partial charge in [0.25, 0.3) is 15.9 Å². The van der Waals surface area contributed by atoms with Gasteiger partial charge in [0.1, 0.15) is 16.5 Å². The van der Waals surface area contributed by atoms with Crippen LogP contribution < -0.4 is 14.8 Å². The summed E-state index contributed by atoms with van der Waals surface area (Å²) in [5.74, 6) is -1.86. The number of nitrogens with zero attached hydrogens (tertiary/aromatic N) is 1. The van der Waals surface area contributed by atoms with Crippen molar-refractivity contribution in [1.82, 2.24) is 14.9 Å². The number of ether oxygens (including phenoxy) is 1. The van der Waals surface area contributed by atoms with Crippen LogP contribution in [0.4, 0.5) is 4.39 Å². The molecule has 2 aliphatic rings. The fraction of sp³-hybridized carbons (Fsp3) is 0.320. The Morgan fingerprint density at radius 1 is 1.11 bits per heavy atom. The number of hydrogen-bond donors (Lipinski definition) is 2. The van der Waals surface area contributed by atoms with Crippen molar-refractivity contribution in [1.29, 1.82) is 0 Å². The molecule has 190 valence electrons. The second-order valence-corrected chi connectivity index (χ2v) is 10.3. The average molecular weight is 516 g/mol. The number of carbonyl (C=O) groups excluding carboxylic acids is 3. The van der Waals surface area contributed by atoms with E-state index in [1.807, 2.05) is 4.72 Å². The highest BCUT2D eigenvalue weighted by molar-refractivity contribution is 7.90. The van der Waals surface area contributed by atoms with Gasteiger partial charge in [-0.25, -0.2) is 17.5 Å². The lowest BCUT2D eigenvalue weighted by Crippen LogP contribution is -2.42. The van der Waals surface area contributed by atoms with Crippen molar-refractivity contribution in [3.63, 3.8) is 0 Å². The highest BCUT2D eigenvalue weighted by atomic mass is 32.2. The third-order valence-electron chi connectivity index (χ3n) is 6.28. The van der Waals surface area contributed by atoms with E-state index >= 15 is 0 Å². The van der Waals surface area contributed by atoms with Crippen molar-refractivity contribution in [3.8, 4) is 5.75 Å². The molecule has 0 bridgehead atoms. The number of amides is 3. The summed E-state index contributed by atoms with van der Waals surface area (Å²) in [5.41, 5.74) is 1.47. The Bertz CT molecular complexity index is 1300. The van der Waals surface area contributed by atoms with Gasteiger partial charge in [-0.15, -0.1) is 0 Å². The van der Waals surface area contributed by atoms with Crippen LogP contribution in [0, 0.1) is 11.7 Å². The van der Waals surface area contributed by atoms with E-state index in [1.165, 1.54) is 18.2 Å². The molecule has 2 aromatic rings. The minimum Gasteiger partial charge on any atom is -0.480 e. The monoisotopic (exact) mass is 515 g/mol. The number of halogens is 1. The molecule has 1 fully saturated rings. The highest BCUT2D eigenvalue weighted by Crippen LogP contribution is 2.30. The van der Waals surface area contributed by atoms with Crippen LogP contribution in [0.25, 0.3) is 0 Å². The summed E-state index contributed by atoms with van der Waals surface area (Å²) in [4.78, 5) is 37.8. The first kappa shape index (κ1) is 25.4. The lowest BCUT2D eigenvalue weighted by Gasteiger charge is -2.30. The van der Waals surface area contributed by atoms with Crippen molar-refractivity contribution in [2.24, 2.45) is 5.92 Å². The van der Waals surface area contributed by atoms with Gasteiger partial charge in [0, 0.05) is 32.0 Å². The molecule has 1 unspecified atom stereocenters. The number of piperidine rings is 1. The molecule has 2 N–H and O–H groups in total. The van der Waals surface area contributed by atoms with Crippen LogP contribution in [0.3, 0.4) is 0 Å². The number of nitrogens with one attached hydrogen (secondary N) is 2.